The molecule has 0 spiro atoms. The zero-order valence-electron chi connectivity index (χ0n) is 10.8. The minimum absolute atomic E-state index is 0.615. The van der Waals surface area contributed by atoms with E-state index in [0.717, 1.165) is 23.0 Å². The molecule has 2 saturated carbocycles. The fraction of sp³-hybridized carbons (Fsp3) is 0.467. The van der Waals surface area contributed by atoms with Crippen LogP contribution in [-0.2, 0) is 0 Å². The molecule has 0 aliphatic heterocycles. The molecule has 3 unspecified atom stereocenters. The van der Waals surface area contributed by atoms with Crippen LogP contribution in [0.25, 0.3) is 11.1 Å². The van der Waals surface area contributed by atoms with E-state index in [4.69, 9.17) is 5.73 Å². The monoisotopic (exact) mass is 254 g/mol. The Bertz CT molecular complexity index is 589. The summed E-state index contributed by atoms with van der Waals surface area (Å²) in [5, 5.41) is 7.46. The molecular formula is C15H18N4. The van der Waals surface area contributed by atoms with Crippen molar-refractivity contribution in [2.75, 3.05) is 5.73 Å². The Morgan fingerprint density at radius 3 is 2.68 bits per heavy atom. The topological polar surface area (TPSA) is 67.6 Å². The number of nitrogens with one attached hydrogen (secondary N) is 1. The molecule has 4 rings (SSSR count). The molecule has 0 radical (unpaired) electrons. The van der Waals surface area contributed by atoms with Crippen molar-refractivity contribution >= 4 is 5.82 Å². The number of nitrogens with zero attached hydrogens (tertiary/aromatic N) is 2. The van der Waals surface area contributed by atoms with Gasteiger partial charge in [-0.1, -0.05) is 6.42 Å². The van der Waals surface area contributed by atoms with Gasteiger partial charge in [0.2, 0.25) is 0 Å². The van der Waals surface area contributed by atoms with E-state index in [2.05, 4.69) is 15.2 Å². The third-order valence-electron chi connectivity index (χ3n) is 4.90. The van der Waals surface area contributed by atoms with E-state index in [-0.39, 0.29) is 0 Å². The predicted octanol–water partition coefficient (Wildman–Crippen LogP) is 2.96. The molecule has 0 amide bonds. The highest BCUT2D eigenvalue weighted by molar-refractivity contribution is 5.76. The number of pyridine rings is 1. The van der Waals surface area contributed by atoms with E-state index in [0.29, 0.717) is 11.7 Å². The molecule has 2 heterocycles. The fourth-order valence-corrected chi connectivity index (χ4v) is 4.06. The van der Waals surface area contributed by atoms with Crippen LogP contribution in [0.5, 0.6) is 0 Å². The lowest BCUT2D eigenvalue weighted by atomic mass is 9.84. The van der Waals surface area contributed by atoms with Crippen molar-refractivity contribution in [2.45, 2.75) is 31.6 Å². The van der Waals surface area contributed by atoms with Crippen molar-refractivity contribution in [3.63, 3.8) is 0 Å². The van der Waals surface area contributed by atoms with Crippen molar-refractivity contribution < 1.29 is 0 Å². The van der Waals surface area contributed by atoms with Crippen LogP contribution in [0.15, 0.2) is 24.5 Å². The smallest absolute Gasteiger partial charge is 0.153 e. The average Bonchev–Trinajstić information content (AvgIpc) is 3.14. The Balaban J connectivity index is 1.78. The second kappa shape index (κ2) is 4.08. The van der Waals surface area contributed by atoms with E-state index in [1.54, 1.807) is 0 Å². The summed E-state index contributed by atoms with van der Waals surface area (Å²) in [5.41, 5.74) is 9.54. The normalized spacial score (nSPS) is 28.9. The molecule has 2 aromatic heterocycles. The summed E-state index contributed by atoms with van der Waals surface area (Å²) >= 11 is 0. The Kier molecular flexibility index (Phi) is 2.37. The first kappa shape index (κ1) is 11.0. The van der Waals surface area contributed by atoms with Crippen molar-refractivity contribution in [2.24, 2.45) is 11.8 Å². The van der Waals surface area contributed by atoms with Crippen molar-refractivity contribution in [3.05, 3.63) is 30.2 Å². The number of rotatable bonds is 2. The Morgan fingerprint density at radius 1 is 1.16 bits per heavy atom. The number of aromatic nitrogens is 3. The predicted molar refractivity (Wildman–Crippen MR) is 74.4 cm³/mol. The van der Waals surface area contributed by atoms with Gasteiger partial charge < -0.3 is 5.73 Å². The maximum Gasteiger partial charge on any atom is 0.153 e. The lowest BCUT2D eigenvalue weighted by Crippen LogP contribution is -2.10. The van der Waals surface area contributed by atoms with E-state index < -0.39 is 0 Å². The van der Waals surface area contributed by atoms with Gasteiger partial charge in [-0.3, -0.25) is 10.1 Å². The highest BCUT2D eigenvalue weighted by Crippen LogP contribution is 2.54. The molecule has 2 aromatic rings. The lowest BCUT2D eigenvalue weighted by Gasteiger charge is -2.21. The second-order valence-electron chi connectivity index (χ2n) is 5.91. The Hall–Kier alpha value is -1.84. The molecule has 2 bridgehead atoms. The lowest BCUT2D eigenvalue weighted by molar-refractivity contribution is 0.413. The van der Waals surface area contributed by atoms with Gasteiger partial charge in [0.1, 0.15) is 0 Å². The zero-order valence-corrected chi connectivity index (χ0v) is 10.8. The molecule has 98 valence electrons. The summed E-state index contributed by atoms with van der Waals surface area (Å²) in [6.45, 7) is 0. The number of hydrogen-bond donors (Lipinski definition) is 2. The molecule has 0 saturated heterocycles. The molecule has 19 heavy (non-hydrogen) atoms. The molecule has 4 heteroatoms. The van der Waals surface area contributed by atoms with Gasteiger partial charge in [-0.15, -0.1) is 0 Å². The number of nitrogen functional groups attached to an aromatic ring is 1. The largest absolute Gasteiger partial charge is 0.382 e. The van der Waals surface area contributed by atoms with Gasteiger partial charge in [-0.2, -0.15) is 5.10 Å². The van der Waals surface area contributed by atoms with Gasteiger partial charge in [0.25, 0.3) is 0 Å². The second-order valence-corrected chi connectivity index (χ2v) is 5.91. The molecule has 2 aliphatic carbocycles. The third kappa shape index (κ3) is 1.66. The maximum atomic E-state index is 6.08. The molecule has 4 nitrogen and oxygen atoms in total. The van der Waals surface area contributed by atoms with Crippen LogP contribution in [0, 0.1) is 11.8 Å². The summed E-state index contributed by atoms with van der Waals surface area (Å²) in [5.74, 6) is 2.98. The van der Waals surface area contributed by atoms with Crippen molar-refractivity contribution in [3.8, 4) is 11.1 Å². The van der Waals surface area contributed by atoms with Gasteiger partial charge >= 0.3 is 0 Å². The van der Waals surface area contributed by atoms with E-state index in [1.807, 2.05) is 24.5 Å². The SMILES string of the molecule is Nc1n[nH]c(C2CC3CCC2C3)c1-c1ccncc1. The minimum atomic E-state index is 0.615. The number of hydrogen-bond acceptors (Lipinski definition) is 3. The number of nitrogens with two attached hydrogens (primary N) is 1. The number of fused-ring (bicyclic) bond motifs is 2. The van der Waals surface area contributed by atoms with Gasteiger partial charge in [-0.25, -0.2) is 0 Å². The first-order valence-electron chi connectivity index (χ1n) is 7.07. The highest BCUT2D eigenvalue weighted by atomic mass is 15.2. The standard InChI is InChI=1S/C15H18N4/c16-15-13(10-3-5-17-6-4-10)14(18-19-15)12-8-9-1-2-11(12)7-9/h3-6,9,11-12H,1-2,7-8H2,(H3,16,18,19). The number of aromatic amines is 1. The summed E-state index contributed by atoms with van der Waals surface area (Å²) in [4.78, 5) is 4.08. The Labute approximate surface area is 112 Å². The van der Waals surface area contributed by atoms with Gasteiger partial charge in [0.05, 0.1) is 0 Å². The third-order valence-corrected chi connectivity index (χ3v) is 4.90. The van der Waals surface area contributed by atoms with Crippen LogP contribution < -0.4 is 5.73 Å². The first-order chi connectivity index (χ1) is 9.33. The first-order valence-corrected chi connectivity index (χ1v) is 7.07. The van der Waals surface area contributed by atoms with E-state index in [9.17, 15) is 0 Å². The van der Waals surface area contributed by atoms with Gasteiger partial charge in [-0.05, 0) is 48.8 Å². The van der Waals surface area contributed by atoms with Crippen LogP contribution in [0.2, 0.25) is 0 Å². The van der Waals surface area contributed by atoms with Crippen LogP contribution in [0.4, 0.5) is 5.82 Å². The minimum Gasteiger partial charge on any atom is -0.382 e. The summed E-state index contributed by atoms with van der Waals surface area (Å²) in [7, 11) is 0. The summed E-state index contributed by atoms with van der Waals surface area (Å²) < 4.78 is 0. The highest BCUT2D eigenvalue weighted by Gasteiger charge is 2.42. The van der Waals surface area contributed by atoms with E-state index in [1.165, 1.54) is 31.4 Å². The molecular weight excluding hydrogens is 236 g/mol. The van der Waals surface area contributed by atoms with Crippen LogP contribution >= 0.6 is 0 Å². The summed E-state index contributed by atoms with van der Waals surface area (Å²) in [6, 6.07) is 4.02. The Morgan fingerprint density at radius 2 is 2.00 bits per heavy atom. The average molecular weight is 254 g/mol. The fourth-order valence-electron chi connectivity index (χ4n) is 4.06. The molecule has 3 atom stereocenters. The van der Waals surface area contributed by atoms with Gasteiger partial charge in [0.15, 0.2) is 5.82 Å². The zero-order chi connectivity index (χ0) is 12.8. The maximum absolute atomic E-state index is 6.08. The molecule has 0 aromatic carbocycles. The van der Waals surface area contributed by atoms with Crippen molar-refractivity contribution in [1.82, 2.24) is 15.2 Å². The van der Waals surface area contributed by atoms with Crippen LogP contribution in [-0.4, -0.2) is 15.2 Å². The number of H-pyrrole nitrogens is 1. The molecule has 2 fully saturated rings. The molecule has 2 aliphatic rings. The molecule has 3 N–H and O–H groups in total. The van der Waals surface area contributed by atoms with Crippen LogP contribution in [0.3, 0.4) is 0 Å². The van der Waals surface area contributed by atoms with E-state index >= 15 is 0 Å². The quantitative estimate of drug-likeness (QED) is 0.865. The van der Waals surface area contributed by atoms with Gasteiger partial charge in [0, 0.05) is 29.6 Å². The summed E-state index contributed by atoms with van der Waals surface area (Å²) in [6.07, 6.45) is 9.09. The van der Waals surface area contributed by atoms with Crippen molar-refractivity contribution in [1.29, 1.82) is 0 Å². The van der Waals surface area contributed by atoms with Crippen LogP contribution in [0.1, 0.15) is 37.3 Å². The number of anilines is 1.